The number of carboxylic acid groups (broad SMARTS) is 1. The van der Waals surface area contributed by atoms with Crippen molar-refractivity contribution in [2.75, 3.05) is 0 Å². The summed E-state index contributed by atoms with van der Waals surface area (Å²) in [6, 6.07) is 5.49. The van der Waals surface area contributed by atoms with Crippen molar-refractivity contribution in [3.05, 3.63) is 24.0 Å². The fraction of sp³-hybridized carbons (Fsp3) is 0.462. The second kappa shape index (κ2) is 5.86. The van der Waals surface area contributed by atoms with Crippen LogP contribution < -0.4 is 5.38 Å². The molecule has 0 saturated heterocycles. The summed E-state index contributed by atoms with van der Waals surface area (Å²) in [5, 5.41) is 9.66. The number of furan rings is 1. The van der Waals surface area contributed by atoms with Gasteiger partial charge < -0.3 is 9.52 Å². The molecule has 1 heterocycles. The molecule has 0 aliphatic rings. The largest absolute Gasteiger partial charge is 0.478 e. The van der Waals surface area contributed by atoms with E-state index >= 15 is 0 Å². The average molecular weight is 252 g/mol. The van der Waals surface area contributed by atoms with E-state index in [1.165, 1.54) is 0 Å². The molecular formula is C13H20O3Si. The second-order valence-corrected chi connectivity index (χ2v) is 9.43. The molecule has 1 rings (SSSR count). The molecule has 1 aromatic heterocycles. The molecule has 0 aliphatic heterocycles. The standard InChI is InChI=1S/C13H20O3Si/c1-4-17(5-2,6-3)13-9-11(10-16-13)7-8-12(14)15/h7-10H,4-6H2,1-3H3,(H,14,15)/b8-7+. The molecule has 0 spiro atoms. The molecule has 0 aliphatic carbocycles. The van der Waals surface area contributed by atoms with Crippen LogP contribution in [0.1, 0.15) is 26.3 Å². The summed E-state index contributed by atoms with van der Waals surface area (Å²) < 4.78 is 5.65. The number of rotatable bonds is 6. The smallest absolute Gasteiger partial charge is 0.328 e. The lowest BCUT2D eigenvalue weighted by Crippen LogP contribution is -2.44. The van der Waals surface area contributed by atoms with Gasteiger partial charge in [-0.3, -0.25) is 0 Å². The van der Waals surface area contributed by atoms with Crippen LogP contribution in [0, 0.1) is 0 Å². The molecular weight excluding hydrogens is 232 g/mol. The van der Waals surface area contributed by atoms with Crippen molar-refractivity contribution in [2.24, 2.45) is 0 Å². The first-order valence-electron chi connectivity index (χ1n) is 6.08. The topological polar surface area (TPSA) is 50.4 Å². The molecule has 4 heteroatoms. The average Bonchev–Trinajstić information content (AvgIpc) is 2.79. The minimum atomic E-state index is -1.48. The first-order valence-corrected chi connectivity index (χ1v) is 8.70. The lowest BCUT2D eigenvalue weighted by molar-refractivity contribution is -0.131. The Morgan fingerprint density at radius 2 is 1.94 bits per heavy atom. The molecule has 1 N–H and O–H groups in total. The van der Waals surface area contributed by atoms with E-state index in [1.807, 2.05) is 6.07 Å². The van der Waals surface area contributed by atoms with E-state index in [9.17, 15) is 4.79 Å². The van der Waals surface area contributed by atoms with Gasteiger partial charge in [0, 0.05) is 11.6 Å². The van der Waals surface area contributed by atoms with Crippen molar-refractivity contribution in [1.29, 1.82) is 0 Å². The lowest BCUT2D eigenvalue weighted by Gasteiger charge is -2.24. The summed E-state index contributed by atoms with van der Waals surface area (Å²) in [5.41, 5.74) is 0.842. The third kappa shape index (κ3) is 3.09. The number of carbonyl (C=O) groups is 1. The maximum atomic E-state index is 10.4. The molecule has 0 atom stereocenters. The van der Waals surface area contributed by atoms with Crippen molar-refractivity contribution in [1.82, 2.24) is 0 Å². The third-order valence-electron chi connectivity index (χ3n) is 3.59. The molecule has 0 saturated carbocycles. The summed E-state index contributed by atoms with van der Waals surface area (Å²) in [5.74, 6) is -0.933. The van der Waals surface area contributed by atoms with Gasteiger partial charge in [0.25, 0.3) is 0 Å². The van der Waals surface area contributed by atoms with E-state index in [2.05, 4.69) is 20.8 Å². The van der Waals surface area contributed by atoms with Gasteiger partial charge in [0.15, 0.2) is 0 Å². The Balaban J connectivity index is 2.96. The van der Waals surface area contributed by atoms with Crippen LogP contribution in [0.4, 0.5) is 0 Å². The summed E-state index contributed by atoms with van der Waals surface area (Å²) in [6.45, 7) is 6.65. The highest BCUT2D eigenvalue weighted by molar-refractivity contribution is 6.90. The second-order valence-electron chi connectivity index (χ2n) is 4.26. The highest BCUT2D eigenvalue weighted by atomic mass is 28.3. The maximum absolute atomic E-state index is 10.4. The number of aliphatic carboxylic acids is 1. The number of hydrogen-bond acceptors (Lipinski definition) is 2. The predicted octanol–water partition coefficient (Wildman–Crippen LogP) is 3.09. The van der Waals surface area contributed by atoms with E-state index in [0.29, 0.717) is 0 Å². The monoisotopic (exact) mass is 252 g/mol. The molecule has 0 radical (unpaired) electrons. The Morgan fingerprint density at radius 3 is 2.41 bits per heavy atom. The summed E-state index contributed by atoms with van der Waals surface area (Å²) in [6.07, 6.45) is 4.37. The van der Waals surface area contributed by atoms with E-state index in [1.54, 1.807) is 12.3 Å². The van der Waals surface area contributed by atoms with Gasteiger partial charge >= 0.3 is 5.97 Å². The van der Waals surface area contributed by atoms with Crippen LogP contribution in [-0.2, 0) is 4.79 Å². The van der Waals surface area contributed by atoms with Crippen molar-refractivity contribution < 1.29 is 14.3 Å². The Morgan fingerprint density at radius 1 is 1.35 bits per heavy atom. The van der Waals surface area contributed by atoms with Gasteiger partial charge in [0.2, 0.25) is 0 Å². The molecule has 0 bridgehead atoms. The van der Waals surface area contributed by atoms with Crippen molar-refractivity contribution in [2.45, 2.75) is 38.9 Å². The number of carboxylic acids is 1. The Kier molecular flexibility index (Phi) is 4.75. The Hall–Kier alpha value is -1.29. The molecule has 0 aromatic carbocycles. The molecule has 17 heavy (non-hydrogen) atoms. The van der Waals surface area contributed by atoms with E-state index in [0.717, 1.165) is 35.2 Å². The van der Waals surface area contributed by atoms with Gasteiger partial charge in [-0.1, -0.05) is 38.9 Å². The van der Waals surface area contributed by atoms with Crippen LogP contribution in [0.3, 0.4) is 0 Å². The molecule has 1 aromatic rings. The minimum absolute atomic E-state index is 0.842. The minimum Gasteiger partial charge on any atom is -0.478 e. The van der Waals surface area contributed by atoms with Crippen LogP contribution in [0.2, 0.25) is 18.1 Å². The van der Waals surface area contributed by atoms with Gasteiger partial charge in [-0.2, -0.15) is 0 Å². The van der Waals surface area contributed by atoms with Crippen LogP contribution in [0.15, 0.2) is 22.8 Å². The third-order valence-corrected chi connectivity index (χ3v) is 8.96. The van der Waals surface area contributed by atoms with Gasteiger partial charge in [-0.05, 0) is 12.1 Å². The quantitative estimate of drug-likeness (QED) is 0.625. The first kappa shape index (κ1) is 13.8. The Bertz CT molecular complexity index is 394. The zero-order valence-corrected chi connectivity index (χ0v) is 11.7. The highest BCUT2D eigenvalue weighted by Gasteiger charge is 2.32. The summed E-state index contributed by atoms with van der Waals surface area (Å²) in [4.78, 5) is 10.4. The molecule has 0 amide bonds. The zero-order valence-electron chi connectivity index (χ0n) is 10.7. The molecule has 0 unspecified atom stereocenters. The molecule has 94 valence electrons. The SMILES string of the molecule is CC[Si](CC)(CC)c1cc(/C=C/C(=O)O)co1. The maximum Gasteiger partial charge on any atom is 0.328 e. The summed E-state index contributed by atoms with van der Waals surface area (Å²) in [7, 11) is -1.48. The fourth-order valence-corrected chi connectivity index (χ4v) is 5.48. The van der Waals surface area contributed by atoms with Gasteiger partial charge in [0.1, 0.15) is 8.07 Å². The van der Waals surface area contributed by atoms with Crippen LogP contribution in [-0.4, -0.2) is 19.1 Å². The Labute approximate surface area is 103 Å². The van der Waals surface area contributed by atoms with Gasteiger partial charge in [-0.25, -0.2) is 4.79 Å². The van der Waals surface area contributed by atoms with E-state index in [4.69, 9.17) is 9.52 Å². The van der Waals surface area contributed by atoms with Crippen LogP contribution >= 0.6 is 0 Å². The zero-order chi connectivity index (χ0) is 12.9. The van der Waals surface area contributed by atoms with Crippen molar-refractivity contribution >= 4 is 25.5 Å². The van der Waals surface area contributed by atoms with Crippen LogP contribution in [0.5, 0.6) is 0 Å². The van der Waals surface area contributed by atoms with E-state index < -0.39 is 14.0 Å². The van der Waals surface area contributed by atoms with Crippen LogP contribution in [0.25, 0.3) is 6.08 Å². The van der Waals surface area contributed by atoms with Gasteiger partial charge in [-0.15, -0.1) is 0 Å². The predicted molar refractivity (Wildman–Crippen MR) is 72.2 cm³/mol. The highest BCUT2D eigenvalue weighted by Crippen LogP contribution is 2.21. The van der Waals surface area contributed by atoms with Crippen molar-refractivity contribution in [3.63, 3.8) is 0 Å². The normalized spacial score (nSPS) is 12.2. The number of hydrogen-bond donors (Lipinski definition) is 1. The van der Waals surface area contributed by atoms with Crippen molar-refractivity contribution in [3.8, 4) is 0 Å². The lowest BCUT2D eigenvalue weighted by atomic mass is 10.3. The fourth-order valence-electron chi connectivity index (χ4n) is 2.16. The van der Waals surface area contributed by atoms with Gasteiger partial charge in [0.05, 0.1) is 11.6 Å². The molecule has 3 nitrogen and oxygen atoms in total. The van der Waals surface area contributed by atoms with E-state index in [-0.39, 0.29) is 0 Å². The summed E-state index contributed by atoms with van der Waals surface area (Å²) >= 11 is 0. The first-order chi connectivity index (χ1) is 8.07. The molecule has 0 fully saturated rings.